The lowest BCUT2D eigenvalue weighted by Gasteiger charge is -2.12. The van der Waals surface area contributed by atoms with Crippen molar-refractivity contribution in [3.8, 4) is 10.8 Å². The van der Waals surface area contributed by atoms with Crippen molar-refractivity contribution in [2.75, 3.05) is 13.1 Å². The maximum atomic E-state index is 12.1. The highest BCUT2D eigenvalue weighted by Gasteiger charge is 2.15. The second-order valence-corrected chi connectivity index (χ2v) is 6.35. The smallest absolute Gasteiger partial charge is 0.287 e. The number of hydrogen-bond donors (Lipinski definition) is 2. The average molecular weight is 402 g/mol. The number of halogens is 2. The van der Waals surface area contributed by atoms with Crippen LogP contribution in [0, 0.1) is 0 Å². The number of carbonyl (C=O) groups excluding carboxylic acids is 1. The molecular weight excluding hydrogens is 381 g/mol. The number of likely N-dealkylation sites (N-methyl/N-ethyl adjacent to an activating group) is 1. The van der Waals surface area contributed by atoms with Gasteiger partial charge in [-0.05, 0) is 37.7 Å². The number of benzene rings is 1. The van der Waals surface area contributed by atoms with Gasteiger partial charge in [-0.3, -0.25) is 4.79 Å². The molecule has 2 N–H and O–H groups in total. The minimum absolute atomic E-state index is 0. The van der Waals surface area contributed by atoms with Gasteiger partial charge in [0.1, 0.15) is 0 Å². The molecule has 2 aromatic heterocycles. The number of rotatable bonds is 6. The lowest BCUT2D eigenvalue weighted by atomic mass is 10.3. The summed E-state index contributed by atoms with van der Waals surface area (Å²) in [7, 11) is 0. The fraction of sp³-hybridized carbons (Fsp3) is 0.294. The first-order valence-corrected chi connectivity index (χ1v) is 8.46. The molecule has 1 aromatic carbocycles. The van der Waals surface area contributed by atoms with E-state index in [-0.39, 0.29) is 36.8 Å². The van der Waals surface area contributed by atoms with Crippen LogP contribution in [0.5, 0.6) is 0 Å². The Labute approximate surface area is 163 Å². The Bertz CT molecular complexity index is 786. The van der Waals surface area contributed by atoms with Crippen LogP contribution in [-0.4, -0.2) is 30.0 Å². The minimum atomic E-state index is -0.206. The normalized spacial score (nSPS) is 11.4. The average Bonchev–Trinajstić information content (AvgIpc) is 3.19. The van der Waals surface area contributed by atoms with Crippen LogP contribution in [0.2, 0.25) is 0 Å². The van der Waals surface area contributed by atoms with Crippen LogP contribution in [0.15, 0.2) is 40.8 Å². The molecular formula is C17H21Cl2N3O2S. The molecule has 2 heterocycles. The molecule has 3 rings (SSSR count). The molecule has 0 spiro atoms. The third kappa shape index (κ3) is 5.19. The summed E-state index contributed by atoms with van der Waals surface area (Å²) in [4.78, 5) is 16.7. The number of furan rings is 1. The predicted molar refractivity (Wildman–Crippen MR) is 107 cm³/mol. The molecule has 1 amide bonds. The van der Waals surface area contributed by atoms with Gasteiger partial charge in [-0.15, -0.1) is 36.2 Å². The molecule has 0 saturated heterocycles. The van der Waals surface area contributed by atoms with Crippen molar-refractivity contribution >= 4 is 52.3 Å². The monoisotopic (exact) mass is 401 g/mol. The second kappa shape index (κ2) is 9.77. The van der Waals surface area contributed by atoms with Gasteiger partial charge in [0.2, 0.25) is 0 Å². The fourth-order valence-corrected chi connectivity index (χ4v) is 3.23. The lowest BCUT2D eigenvalue weighted by Crippen LogP contribution is -2.38. The van der Waals surface area contributed by atoms with Crippen LogP contribution in [0.1, 0.15) is 24.4 Å². The number of amides is 1. The Hall–Kier alpha value is -1.60. The zero-order valence-corrected chi connectivity index (χ0v) is 16.4. The molecule has 0 saturated carbocycles. The summed E-state index contributed by atoms with van der Waals surface area (Å²) < 4.78 is 6.77. The van der Waals surface area contributed by atoms with E-state index in [4.69, 9.17) is 4.42 Å². The molecule has 1 atom stereocenters. The molecule has 0 aliphatic heterocycles. The van der Waals surface area contributed by atoms with Crippen molar-refractivity contribution < 1.29 is 9.21 Å². The first-order valence-electron chi connectivity index (χ1n) is 7.64. The Morgan fingerprint density at radius 1 is 1.24 bits per heavy atom. The first-order chi connectivity index (χ1) is 11.2. The van der Waals surface area contributed by atoms with E-state index in [0.29, 0.717) is 18.1 Å². The lowest BCUT2D eigenvalue weighted by molar-refractivity contribution is 0.0923. The Morgan fingerprint density at radius 3 is 2.72 bits per heavy atom. The molecule has 0 fully saturated rings. The zero-order valence-electron chi connectivity index (χ0n) is 13.9. The molecule has 0 aliphatic rings. The van der Waals surface area contributed by atoms with Crippen molar-refractivity contribution in [1.82, 2.24) is 15.6 Å². The molecule has 0 unspecified atom stereocenters. The van der Waals surface area contributed by atoms with Crippen LogP contribution in [0.4, 0.5) is 0 Å². The number of hydrogen-bond acceptors (Lipinski definition) is 5. The van der Waals surface area contributed by atoms with Gasteiger partial charge in [-0.25, -0.2) is 4.98 Å². The van der Waals surface area contributed by atoms with Crippen molar-refractivity contribution in [2.24, 2.45) is 0 Å². The SMILES string of the molecule is CCN[C@H](C)CNC(=O)c1ccc(-c2nc3ccccc3s2)o1.Cl.Cl. The highest BCUT2D eigenvalue weighted by molar-refractivity contribution is 7.21. The summed E-state index contributed by atoms with van der Waals surface area (Å²) in [6.45, 7) is 5.50. The first kappa shape index (κ1) is 21.4. The molecule has 8 heteroatoms. The van der Waals surface area contributed by atoms with Gasteiger partial charge in [0, 0.05) is 12.6 Å². The maximum absolute atomic E-state index is 12.1. The van der Waals surface area contributed by atoms with Crippen LogP contribution in [0.25, 0.3) is 21.0 Å². The second-order valence-electron chi connectivity index (χ2n) is 5.32. The number of nitrogens with one attached hydrogen (secondary N) is 2. The summed E-state index contributed by atoms with van der Waals surface area (Å²) in [5.41, 5.74) is 0.939. The van der Waals surface area contributed by atoms with E-state index in [1.807, 2.05) is 38.1 Å². The van der Waals surface area contributed by atoms with Gasteiger partial charge in [-0.1, -0.05) is 19.1 Å². The topological polar surface area (TPSA) is 67.2 Å². The van der Waals surface area contributed by atoms with Gasteiger partial charge in [-0.2, -0.15) is 0 Å². The van der Waals surface area contributed by atoms with E-state index in [0.717, 1.165) is 21.8 Å². The Kier molecular flexibility index (Phi) is 8.38. The van der Waals surface area contributed by atoms with Crippen LogP contribution >= 0.6 is 36.2 Å². The number of aromatic nitrogens is 1. The van der Waals surface area contributed by atoms with Crippen molar-refractivity contribution in [1.29, 1.82) is 0 Å². The summed E-state index contributed by atoms with van der Waals surface area (Å²) in [6.07, 6.45) is 0. The molecule has 0 radical (unpaired) electrons. The summed E-state index contributed by atoms with van der Waals surface area (Å²) >= 11 is 1.55. The van der Waals surface area contributed by atoms with Gasteiger partial charge < -0.3 is 15.1 Å². The zero-order chi connectivity index (χ0) is 16.2. The summed E-state index contributed by atoms with van der Waals surface area (Å²) in [5, 5.41) is 6.89. The van der Waals surface area contributed by atoms with Gasteiger partial charge in [0.25, 0.3) is 5.91 Å². The number of carbonyl (C=O) groups is 1. The Balaban J connectivity index is 0.00000156. The van der Waals surface area contributed by atoms with E-state index in [9.17, 15) is 4.79 Å². The maximum Gasteiger partial charge on any atom is 0.287 e. The molecule has 0 bridgehead atoms. The minimum Gasteiger partial charge on any atom is -0.448 e. The van der Waals surface area contributed by atoms with E-state index < -0.39 is 0 Å². The molecule has 0 aliphatic carbocycles. The van der Waals surface area contributed by atoms with Gasteiger partial charge in [0.15, 0.2) is 16.5 Å². The highest BCUT2D eigenvalue weighted by Crippen LogP contribution is 2.31. The van der Waals surface area contributed by atoms with Crippen molar-refractivity contribution in [3.63, 3.8) is 0 Å². The van der Waals surface area contributed by atoms with Crippen LogP contribution in [0.3, 0.4) is 0 Å². The number of nitrogens with zero attached hydrogens (tertiary/aromatic N) is 1. The Morgan fingerprint density at radius 2 is 2.00 bits per heavy atom. The van der Waals surface area contributed by atoms with Gasteiger partial charge >= 0.3 is 0 Å². The van der Waals surface area contributed by atoms with E-state index in [1.54, 1.807) is 23.5 Å². The van der Waals surface area contributed by atoms with E-state index in [2.05, 4.69) is 15.6 Å². The quantitative estimate of drug-likeness (QED) is 0.651. The number of fused-ring (bicyclic) bond motifs is 1. The standard InChI is InChI=1S/C17H19N3O2S.2ClH/c1-3-18-11(2)10-19-16(21)13-8-9-14(22-13)17-20-12-6-4-5-7-15(12)23-17;;/h4-9,11,18H,3,10H2,1-2H3,(H,19,21);2*1H/t11-;;/m1../s1. The van der Waals surface area contributed by atoms with Crippen LogP contribution in [-0.2, 0) is 0 Å². The largest absolute Gasteiger partial charge is 0.448 e. The third-order valence-electron chi connectivity index (χ3n) is 3.46. The van der Waals surface area contributed by atoms with Crippen molar-refractivity contribution in [3.05, 3.63) is 42.2 Å². The third-order valence-corrected chi connectivity index (χ3v) is 4.51. The van der Waals surface area contributed by atoms with E-state index >= 15 is 0 Å². The molecule has 136 valence electrons. The molecule has 5 nitrogen and oxygen atoms in total. The highest BCUT2D eigenvalue weighted by atomic mass is 35.5. The summed E-state index contributed by atoms with van der Waals surface area (Å²) in [6, 6.07) is 11.6. The summed E-state index contributed by atoms with van der Waals surface area (Å²) in [5.74, 6) is 0.723. The van der Waals surface area contributed by atoms with Crippen molar-refractivity contribution in [2.45, 2.75) is 19.9 Å². The van der Waals surface area contributed by atoms with E-state index in [1.165, 1.54) is 0 Å². The molecule has 25 heavy (non-hydrogen) atoms. The predicted octanol–water partition coefficient (Wildman–Crippen LogP) is 4.13. The fourth-order valence-electron chi connectivity index (χ4n) is 2.31. The molecule has 3 aromatic rings. The number of thiazole rings is 1. The number of para-hydroxylation sites is 1. The van der Waals surface area contributed by atoms with Crippen LogP contribution < -0.4 is 10.6 Å². The van der Waals surface area contributed by atoms with Gasteiger partial charge in [0.05, 0.1) is 10.2 Å².